The van der Waals surface area contributed by atoms with Crippen molar-refractivity contribution in [2.45, 2.75) is 46.7 Å². The summed E-state index contributed by atoms with van der Waals surface area (Å²) in [6.45, 7) is 9.91. The average Bonchev–Trinajstić information content (AvgIpc) is 2.34. The summed E-state index contributed by atoms with van der Waals surface area (Å²) in [5.41, 5.74) is 6.57. The normalized spacial score (nSPS) is 15.0. The molecule has 0 bridgehead atoms. The van der Waals surface area contributed by atoms with E-state index in [1.54, 1.807) is 12.1 Å². The van der Waals surface area contributed by atoms with Gasteiger partial charge in [-0.2, -0.15) is 0 Å². The molecule has 1 amide bonds. The van der Waals surface area contributed by atoms with E-state index in [9.17, 15) is 9.18 Å². The van der Waals surface area contributed by atoms with Crippen LogP contribution in [0.15, 0.2) is 24.3 Å². The first-order valence-electron chi connectivity index (χ1n) is 6.94. The first-order valence-corrected chi connectivity index (χ1v) is 6.94. The maximum absolute atomic E-state index is 13.0. The summed E-state index contributed by atoms with van der Waals surface area (Å²) in [4.78, 5) is 12.2. The molecule has 1 unspecified atom stereocenters. The lowest BCUT2D eigenvalue weighted by Gasteiger charge is -2.33. The lowest BCUT2D eigenvalue weighted by Crippen LogP contribution is -2.47. The molecule has 0 aliphatic heterocycles. The van der Waals surface area contributed by atoms with Crippen LogP contribution in [0.5, 0.6) is 0 Å². The lowest BCUT2D eigenvalue weighted by atomic mass is 9.82. The van der Waals surface area contributed by atoms with Crippen molar-refractivity contribution in [3.8, 4) is 0 Å². The quantitative estimate of drug-likeness (QED) is 0.890. The average molecular weight is 280 g/mol. The number of hydrogen-bond acceptors (Lipinski definition) is 2. The Kier molecular flexibility index (Phi) is 5.28. The number of nitrogens with one attached hydrogen (secondary N) is 1. The molecule has 0 saturated carbocycles. The van der Waals surface area contributed by atoms with Gasteiger partial charge in [0.1, 0.15) is 5.82 Å². The Labute approximate surface area is 120 Å². The first kappa shape index (κ1) is 16.6. The zero-order valence-electron chi connectivity index (χ0n) is 12.9. The van der Waals surface area contributed by atoms with Gasteiger partial charge in [0.25, 0.3) is 0 Å². The second-order valence-electron chi connectivity index (χ2n) is 6.63. The number of nitrogens with two attached hydrogens (primary N) is 1. The number of hydrogen-bond donors (Lipinski definition) is 2. The van der Waals surface area contributed by atoms with Gasteiger partial charge in [-0.1, -0.05) is 46.8 Å². The minimum absolute atomic E-state index is 0.0730. The summed E-state index contributed by atoms with van der Waals surface area (Å²) in [6.07, 6.45) is 0. The van der Waals surface area contributed by atoms with Crippen molar-refractivity contribution in [2.75, 3.05) is 0 Å². The SMILES string of the molecule is CC(C)[C@@H](N)C(=O)NC(c1ccc(F)cc1)C(C)(C)C. The Morgan fingerprint density at radius 3 is 2.10 bits per heavy atom. The number of carbonyl (C=O) groups is 1. The Morgan fingerprint density at radius 2 is 1.70 bits per heavy atom. The number of benzene rings is 1. The highest BCUT2D eigenvalue weighted by atomic mass is 19.1. The fourth-order valence-electron chi connectivity index (χ4n) is 2.00. The Balaban J connectivity index is 2.97. The molecule has 3 nitrogen and oxygen atoms in total. The fourth-order valence-corrected chi connectivity index (χ4v) is 2.00. The predicted molar refractivity (Wildman–Crippen MR) is 79.6 cm³/mol. The van der Waals surface area contributed by atoms with Crippen molar-refractivity contribution in [1.82, 2.24) is 5.32 Å². The molecule has 0 aromatic heterocycles. The molecule has 1 aromatic rings. The third kappa shape index (κ3) is 4.30. The Bertz CT molecular complexity index is 449. The third-order valence-corrected chi connectivity index (χ3v) is 3.38. The van der Waals surface area contributed by atoms with E-state index in [1.165, 1.54) is 12.1 Å². The summed E-state index contributed by atoms with van der Waals surface area (Å²) in [7, 11) is 0. The van der Waals surface area contributed by atoms with Crippen LogP contribution in [0.4, 0.5) is 4.39 Å². The highest BCUT2D eigenvalue weighted by molar-refractivity contribution is 5.82. The van der Waals surface area contributed by atoms with Crippen molar-refractivity contribution in [2.24, 2.45) is 17.1 Å². The summed E-state index contributed by atoms with van der Waals surface area (Å²) in [6, 6.07) is 5.46. The molecule has 0 aliphatic carbocycles. The number of carbonyl (C=O) groups excluding carboxylic acids is 1. The van der Waals surface area contributed by atoms with E-state index in [0.717, 1.165) is 5.56 Å². The standard InChI is InChI=1S/C16H25FN2O/c1-10(2)13(18)15(20)19-14(16(3,4)5)11-6-8-12(17)9-7-11/h6-10,13-14H,18H2,1-5H3,(H,19,20)/t13-,14?/m1/s1. The molecule has 20 heavy (non-hydrogen) atoms. The van der Waals surface area contributed by atoms with E-state index in [0.29, 0.717) is 0 Å². The van der Waals surface area contributed by atoms with Gasteiger partial charge in [-0.15, -0.1) is 0 Å². The van der Waals surface area contributed by atoms with E-state index in [1.807, 2.05) is 34.6 Å². The van der Waals surface area contributed by atoms with Crippen LogP contribution in [0.1, 0.15) is 46.2 Å². The maximum atomic E-state index is 13.0. The van der Waals surface area contributed by atoms with Crippen LogP contribution in [0.2, 0.25) is 0 Å². The highest BCUT2D eigenvalue weighted by Crippen LogP contribution is 2.32. The van der Waals surface area contributed by atoms with Crippen molar-refractivity contribution < 1.29 is 9.18 Å². The van der Waals surface area contributed by atoms with E-state index in [2.05, 4.69) is 5.32 Å². The topological polar surface area (TPSA) is 55.1 Å². The third-order valence-electron chi connectivity index (χ3n) is 3.38. The molecule has 112 valence electrons. The zero-order chi connectivity index (χ0) is 15.5. The van der Waals surface area contributed by atoms with Crippen molar-refractivity contribution in [3.63, 3.8) is 0 Å². The van der Waals surface area contributed by atoms with Crippen LogP contribution in [0.3, 0.4) is 0 Å². The zero-order valence-corrected chi connectivity index (χ0v) is 12.9. The van der Waals surface area contributed by atoms with E-state index in [-0.39, 0.29) is 29.1 Å². The second-order valence-corrected chi connectivity index (χ2v) is 6.63. The molecule has 0 fully saturated rings. The van der Waals surface area contributed by atoms with Crippen LogP contribution < -0.4 is 11.1 Å². The molecular formula is C16H25FN2O. The minimum Gasteiger partial charge on any atom is -0.347 e. The number of halogens is 1. The van der Waals surface area contributed by atoms with Crippen LogP contribution in [-0.4, -0.2) is 11.9 Å². The summed E-state index contributed by atoms with van der Waals surface area (Å²) >= 11 is 0. The smallest absolute Gasteiger partial charge is 0.237 e. The van der Waals surface area contributed by atoms with E-state index < -0.39 is 6.04 Å². The first-order chi connectivity index (χ1) is 9.12. The Hall–Kier alpha value is -1.42. The number of amides is 1. The van der Waals surface area contributed by atoms with Crippen molar-refractivity contribution >= 4 is 5.91 Å². The largest absolute Gasteiger partial charge is 0.347 e. The van der Waals surface area contributed by atoms with Gasteiger partial charge in [-0.05, 0) is 29.0 Å². The van der Waals surface area contributed by atoms with Gasteiger partial charge >= 0.3 is 0 Å². The van der Waals surface area contributed by atoms with Gasteiger partial charge in [0.2, 0.25) is 5.91 Å². The summed E-state index contributed by atoms with van der Waals surface area (Å²) < 4.78 is 13.0. The van der Waals surface area contributed by atoms with Gasteiger partial charge in [-0.25, -0.2) is 4.39 Å². The molecule has 0 saturated heterocycles. The lowest BCUT2D eigenvalue weighted by molar-refractivity contribution is -0.124. The van der Waals surface area contributed by atoms with E-state index in [4.69, 9.17) is 5.73 Å². The number of rotatable bonds is 4. The Morgan fingerprint density at radius 1 is 1.20 bits per heavy atom. The molecule has 0 heterocycles. The molecule has 0 radical (unpaired) electrons. The molecule has 0 spiro atoms. The van der Waals surface area contributed by atoms with Gasteiger partial charge in [-0.3, -0.25) is 4.79 Å². The maximum Gasteiger partial charge on any atom is 0.237 e. The molecule has 1 aromatic carbocycles. The van der Waals surface area contributed by atoms with Crippen LogP contribution in [0, 0.1) is 17.2 Å². The van der Waals surface area contributed by atoms with Crippen LogP contribution >= 0.6 is 0 Å². The van der Waals surface area contributed by atoms with Crippen molar-refractivity contribution in [3.05, 3.63) is 35.6 Å². The van der Waals surface area contributed by atoms with Crippen LogP contribution in [0.25, 0.3) is 0 Å². The van der Waals surface area contributed by atoms with Crippen molar-refractivity contribution in [1.29, 1.82) is 0 Å². The molecule has 1 rings (SSSR count). The van der Waals surface area contributed by atoms with Gasteiger partial charge in [0.05, 0.1) is 12.1 Å². The summed E-state index contributed by atoms with van der Waals surface area (Å²) in [5.74, 6) is -0.389. The van der Waals surface area contributed by atoms with Gasteiger partial charge in [0.15, 0.2) is 0 Å². The second kappa shape index (κ2) is 6.35. The van der Waals surface area contributed by atoms with Gasteiger partial charge < -0.3 is 11.1 Å². The predicted octanol–water partition coefficient (Wildman–Crippen LogP) is 3.01. The molecule has 3 N–H and O–H groups in total. The minimum atomic E-state index is -0.541. The highest BCUT2D eigenvalue weighted by Gasteiger charge is 2.30. The van der Waals surface area contributed by atoms with Crippen LogP contribution in [-0.2, 0) is 4.79 Å². The van der Waals surface area contributed by atoms with E-state index >= 15 is 0 Å². The molecule has 4 heteroatoms. The monoisotopic (exact) mass is 280 g/mol. The molecule has 0 aliphatic rings. The summed E-state index contributed by atoms with van der Waals surface area (Å²) in [5, 5.41) is 2.99. The van der Waals surface area contributed by atoms with Gasteiger partial charge in [0, 0.05) is 0 Å². The fraction of sp³-hybridized carbons (Fsp3) is 0.562. The molecular weight excluding hydrogens is 255 g/mol. The molecule has 2 atom stereocenters.